The average Bonchev–Trinajstić information content (AvgIpc) is 1.21. The molecule has 0 amide bonds. The molecule has 0 aliphatic rings. The fourth-order valence-electron chi connectivity index (χ4n) is 0.199. The van der Waals surface area contributed by atoms with Crippen molar-refractivity contribution >= 4 is 37.4 Å². The van der Waals surface area contributed by atoms with Crippen LogP contribution in [0.4, 0.5) is 0 Å². The molecule has 0 heterocycles. The summed E-state index contributed by atoms with van der Waals surface area (Å²) in [5.41, 5.74) is 0. The van der Waals surface area contributed by atoms with E-state index >= 15 is 0 Å². The molecule has 3 N–H and O–H groups in total. The van der Waals surface area contributed by atoms with Crippen LogP contribution in [0.25, 0.3) is 0 Å². The van der Waals surface area contributed by atoms with Crippen molar-refractivity contribution in [3.05, 3.63) is 0 Å². The van der Waals surface area contributed by atoms with Gasteiger partial charge in [0, 0.05) is 0 Å². The van der Waals surface area contributed by atoms with Crippen LogP contribution < -0.4 is 0 Å². The standard InChI is InChI=1S/C2H7O5P.Na.H/c1-2(3)7-8(4,5)6;;/h2-3H,1H3,(H2,4,5,6);;. The zero-order valence-electron chi connectivity index (χ0n) is 4.18. The van der Waals surface area contributed by atoms with Crippen LogP contribution in [0.15, 0.2) is 0 Å². The van der Waals surface area contributed by atoms with Crippen LogP contribution in [0.1, 0.15) is 6.92 Å². The molecule has 1 unspecified atom stereocenters. The zero-order chi connectivity index (χ0) is 6.78. The van der Waals surface area contributed by atoms with Gasteiger partial charge in [-0.1, -0.05) is 0 Å². The minimum atomic E-state index is -4.47. The van der Waals surface area contributed by atoms with E-state index < -0.39 is 14.1 Å². The average molecular weight is 166 g/mol. The molecule has 5 nitrogen and oxygen atoms in total. The van der Waals surface area contributed by atoms with E-state index in [1.807, 2.05) is 0 Å². The van der Waals surface area contributed by atoms with Gasteiger partial charge in [-0.05, 0) is 6.92 Å². The Balaban J connectivity index is 0. The van der Waals surface area contributed by atoms with Crippen molar-refractivity contribution in [1.82, 2.24) is 0 Å². The van der Waals surface area contributed by atoms with Crippen molar-refractivity contribution in [2.24, 2.45) is 0 Å². The summed E-state index contributed by atoms with van der Waals surface area (Å²) in [5.74, 6) is 0. The van der Waals surface area contributed by atoms with Gasteiger partial charge in [-0.2, -0.15) is 0 Å². The van der Waals surface area contributed by atoms with Gasteiger partial charge in [-0.3, -0.25) is 4.52 Å². The fraction of sp³-hybridized carbons (Fsp3) is 1.00. The van der Waals surface area contributed by atoms with Gasteiger partial charge >= 0.3 is 37.4 Å². The molecule has 0 saturated heterocycles. The van der Waals surface area contributed by atoms with E-state index in [-0.39, 0.29) is 29.6 Å². The Labute approximate surface area is 74.6 Å². The second-order valence-electron chi connectivity index (χ2n) is 1.20. The molecule has 0 aliphatic heterocycles. The fourth-order valence-corrected chi connectivity index (χ4v) is 0.596. The Morgan fingerprint density at radius 3 is 1.89 bits per heavy atom. The summed E-state index contributed by atoms with van der Waals surface area (Å²) in [6.07, 6.45) is -1.42. The second-order valence-corrected chi connectivity index (χ2v) is 2.39. The third kappa shape index (κ3) is 12.3. The summed E-state index contributed by atoms with van der Waals surface area (Å²) in [7, 11) is -4.47. The maximum atomic E-state index is 9.75. The molecule has 0 aliphatic carbocycles. The molecule has 0 bridgehead atoms. The molecule has 0 aromatic heterocycles. The number of rotatable bonds is 2. The molecule has 1 atom stereocenters. The maximum absolute atomic E-state index is 9.75. The summed E-state index contributed by atoms with van der Waals surface area (Å²) >= 11 is 0. The SMILES string of the molecule is CC(O)OP(=O)(O)O.[NaH]. The van der Waals surface area contributed by atoms with Gasteiger partial charge in [0.15, 0.2) is 6.29 Å². The predicted octanol–water partition coefficient (Wildman–Crippen LogP) is -1.21. The van der Waals surface area contributed by atoms with Crippen LogP contribution in [-0.4, -0.2) is 50.7 Å². The number of aliphatic hydroxyl groups is 1. The first-order chi connectivity index (χ1) is 3.42. The molecular weight excluding hydrogens is 158 g/mol. The van der Waals surface area contributed by atoms with E-state index in [1.54, 1.807) is 0 Å². The molecular formula is C2H8NaO5P. The molecule has 52 valence electrons. The Morgan fingerprint density at radius 1 is 1.56 bits per heavy atom. The normalized spacial score (nSPS) is 14.2. The topological polar surface area (TPSA) is 87.0 Å². The molecule has 0 rings (SSSR count). The van der Waals surface area contributed by atoms with Crippen LogP contribution in [0, 0.1) is 0 Å². The summed E-state index contributed by atoms with van der Waals surface area (Å²) in [6.45, 7) is 1.11. The van der Waals surface area contributed by atoms with Crippen LogP contribution in [0.2, 0.25) is 0 Å². The van der Waals surface area contributed by atoms with Crippen molar-refractivity contribution < 1.29 is 24.0 Å². The number of hydrogen-bond acceptors (Lipinski definition) is 3. The van der Waals surface area contributed by atoms with Crippen LogP contribution in [-0.2, 0) is 9.09 Å². The van der Waals surface area contributed by atoms with E-state index in [9.17, 15) is 4.57 Å². The quantitative estimate of drug-likeness (QED) is 0.272. The zero-order valence-corrected chi connectivity index (χ0v) is 5.08. The van der Waals surface area contributed by atoms with Gasteiger partial charge in [0.1, 0.15) is 0 Å². The first kappa shape index (κ1) is 12.7. The van der Waals surface area contributed by atoms with Crippen molar-refractivity contribution in [3.63, 3.8) is 0 Å². The third-order valence-electron chi connectivity index (χ3n) is 0.290. The van der Waals surface area contributed by atoms with Gasteiger partial charge < -0.3 is 14.9 Å². The Morgan fingerprint density at radius 2 is 1.89 bits per heavy atom. The molecule has 0 spiro atoms. The van der Waals surface area contributed by atoms with Gasteiger partial charge in [-0.15, -0.1) is 0 Å². The van der Waals surface area contributed by atoms with Gasteiger partial charge in [0.25, 0.3) is 0 Å². The first-order valence-electron chi connectivity index (χ1n) is 1.84. The summed E-state index contributed by atoms with van der Waals surface area (Å²) in [4.78, 5) is 15.8. The molecule has 0 saturated carbocycles. The van der Waals surface area contributed by atoms with Crippen LogP contribution >= 0.6 is 7.82 Å². The molecule has 0 fully saturated rings. The van der Waals surface area contributed by atoms with Crippen molar-refractivity contribution in [2.75, 3.05) is 0 Å². The van der Waals surface area contributed by atoms with Gasteiger partial charge in [0.05, 0.1) is 0 Å². The van der Waals surface area contributed by atoms with E-state index in [4.69, 9.17) is 14.9 Å². The van der Waals surface area contributed by atoms with E-state index in [2.05, 4.69) is 4.52 Å². The number of aliphatic hydroxyl groups excluding tert-OH is 1. The number of hydrogen-bond donors (Lipinski definition) is 3. The summed E-state index contributed by atoms with van der Waals surface area (Å²) in [6, 6.07) is 0. The van der Waals surface area contributed by atoms with E-state index in [1.165, 1.54) is 0 Å². The molecule has 0 aromatic carbocycles. The van der Waals surface area contributed by atoms with E-state index in [0.717, 1.165) is 6.92 Å². The third-order valence-corrected chi connectivity index (χ3v) is 0.870. The summed E-state index contributed by atoms with van der Waals surface area (Å²) in [5, 5.41) is 8.17. The van der Waals surface area contributed by atoms with E-state index in [0.29, 0.717) is 0 Å². The monoisotopic (exact) mass is 166 g/mol. The van der Waals surface area contributed by atoms with Crippen molar-refractivity contribution in [3.8, 4) is 0 Å². The second kappa shape index (κ2) is 4.82. The molecule has 9 heavy (non-hydrogen) atoms. The molecule has 0 radical (unpaired) electrons. The van der Waals surface area contributed by atoms with Gasteiger partial charge in [-0.25, -0.2) is 4.57 Å². The van der Waals surface area contributed by atoms with Crippen molar-refractivity contribution in [2.45, 2.75) is 13.2 Å². The summed E-state index contributed by atoms with van der Waals surface area (Å²) < 4.78 is 13.4. The number of phosphoric acid groups is 1. The van der Waals surface area contributed by atoms with Crippen molar-refractivity contribution in [1.29, 1.82) is 0 Å². The predicted molar refractivity (Wildman–Crippen MR) is 32.0 cm³/mol. The Kier molecular flexibility index (Phi) is 6.81. The first-order valence-corrected chi connectivity index (χ1v) is 3.37. The molecule has 7 heteroatoms. The minimum absolute atomic E-state index is 0. The van der Waals surface area contributed by atoms with Crippen LogP contribution in [0.3, 0.4) is 0 Å². The Bertz CT molecular complexity index is 108. The van der Waals surface area contributed by atoms with Crippen LogP contribution in [0.5, 0.6) is 0 Å². The number of phosphoric ester groups is 1. The molecule has 0 aromatic rings. The Hall–Kier alpha value is 1.07. The van der Waals surface area contributed by atoms with Gasteiger partial charge in [0.2, 0.25) is 0 Å².